The summed E-state index contributed by atoms with van der Waals surface area (Å²) in [6.07, 6.45) is 6.11. The molecule has 0 N–H and O–H groups in total. The van der Waals surface area contributed by atoms with Gasteiger partial charge in [0.1, 0.15) is 7.85 Å². The second kappa shape index (κ2) is 3.17. The van der Waals surface area contributed by atoms with Crippen molar-refractivity contribution in [3.63, 3.8) is 0 Å². The van der Waals surface area contributed by atoms with Crippen LogP contribution < -0.4 is 0 Å². The number of allylic oxidation sites excluding steroid dienone is 2. The van der Waals surface area contributed by atoms with Crippen molar-refractivity contribution in [2.75, 3.05) is 0 Å². The highest BCUT2D eigenvalue weighted by molar-refractivity contribution is 9.11. The summed E-state index contributed by atoms with van der Waals surface area (Å²) in [4.78, 5) is 0. The smallest absolute Gasteiger partial charge is 0.103 e. The Hall–Kier alpha value is -0.155. The van der Waals surface area contributed by atoms with Crippen molar-refractivity contribution < 1.29 is 0 Å². The molecule has 1 spiro atoms. The highest BCUT2D eigenvalue weighted by Crippen LogP contribution is 2.71. The molecule has 2 heteroatoms. The fraction of sp³-hybridized carbons (Fsp3) is 0.692. The molecule has 0 aromatic rings. The van der Waals surface area contributed by atoms with Gasteiger partial charge in [0, 0.05) is 12.3 Å². The molecule has 78 valence electrons. The molecule has 1 saturated carbocycles. The number of rotatable bonds is 0. The van der Waals surface area contributed by atoms with E-state index in [-0.39, 0.29) is 0 Å². The SMILES string of the molecule is B[C@@H]1C=C(Br)CC2(C1)C1C#CCC(C)[C@@H]12. The zero-order valence-electron chi connectivity index (χ0n) is 9.39. The second-order valence-corrected chi connectivity index (χ2v) is 6.73. The lowest BCUT2D eigenvalue weighted by Gasteiger charge is -2.26. The van der Waals surface area contributed by atoms with Crippen molar-refractivity contribution in [2.45, 2.75) is 32.0 Å². The number of halogens is 1. The van der Waals surface area contributed by atoms with E-state index in [0.29, 0.717) is 11.3 Å². The van der Waals surface area contributed by atoms with E-state index in [1.165, 1.54) is 17.3 Å². The van der Waals surface area contributed by atoms with E-state index < -0.39 is 0 Å². The van der Waals surface area contributed by atoms with Gasteiger partial charge in [0.25, 0.3) is 0 Å². The van der Waals surface area contributed by atoms with E-state index in [9.17, 15) is 0 Å². The van der Waals surface area contributed by atoms with Crippen molar-refractivity contribution in [2.24, 2.45) is 23.2 Å². The number of hydrogen-bond donors (Lipinski definition) is 0. The Balaban J connectivity index is 1.91. The minimum atomic E-state index is 0.552. The van der Waals surface area contributed by atoms with Gasteiger partial charge in [-0.25, -0.2) is 0 Å². The van der Waals surface area contributed by atoms with Gasteiger partial charge in [0.2, 0.25) is 0 Å². The van der Waals surface area contributed by atoms with Gasteiger partial charge in [0.05, 0.1) is 0 Å². The standard InChI is InChI=1S/C13H16BBr/c1-8-3-2-4-11-12(8)13(11)6-9(14)5-10(15)7-13/h5,8-9,11-12H,3,6-7,14H2,1H3/t8?,9-,11?,12+,13?/m1/s1. The molecule has 0 aromatic carbocycles. The third kappa shape index (κ3) is 1.36. The van der Waals surface area contributed by atoms with Crippen LogP contribution >= 0.6 is 15.9 Å². The maximum atomic E-state index is 3.71. The maximum Gasteiger partial charge on any atom is 0.110 e. The molecule has 1 fully saturated rings. The highest BCUT2D eigenvalue weighted by atomic mass is 79.9. The lowest BCUT2D eigenvalue weighted by molar-refractivity contribution is 0.350. The Labute approximate surface area is 101 Å². The quantitative estimate of drug-likeness (QED) is 0.465. The van der Waals surface area contributed by atoms with Crippen molar-refractivity contribution in [1.82, 2.24) is 0 Å². The van der Waals surface area contributed by atoms with Gasteiger partial charge in [-0.15, -0.1) is 5.92 Å². The van der Waals surface area contributed by atoms with Crippen LogP contribution in [0.4, 0.5) is 0 Å². The van der Waals surface area contributed by atoms with Gasteiger partial charge in [0.15, 0.2) is 0 Å². The van der Waals surface area contributed by atoms with Gasteiger partial charge >= 0.3 is 0 Å². The molecule has 0 aromatic heterocycles. The van der Waals surface area contributed by atoms with Crippen LogP contribution in [0.3, 0.4) is 0 Å². The average molecular weight is 263 g/mol. The van der Waals surface area contributed by atoms with Crippen LogP contribution in [0.5, 0.6) is 0 Å². The molecule has 0 saturated heterocycles. The van der Waals surface area contributed by atoms with E-state index in [1.807, 2.05) is 0 Å². The third-order valence-corrected chi connectivity index (χ3v) is 5.04. The van der Waals surface area contributed by atoms with Crippen LogP contribution in [0.1, 0.15) is 26.2 Å². The van der Waals surface area contributed by atoms with Crippen LogP contribution in [-0.2, 0) is 0 Å². The Morgan fingerprint density at radius 2 is 2.40 bits per heavy atom. The van der Waals surface area contributed by atoms with Crippen LogP contribution in [0.25, 0.3) is 0 Å². The van der Waals surface area contributed by atoms with Gasteiger partial charge in [-0.2, -0.15) is 0 Å². The molecule has 3 aliphatic carbocycles. The average Bonchev–Trinajstić information content (AvgIpc) is 2.72. The Morgan fingerprint density at radius 3 is 3.07 bits per heavy atom. The minimum Gasteiger partial charge on any atom is -0.103 e. The van der Waals surface area contributed by atoms with E-state index in [4.69, 9.17) is 0 Å². The molecule has 3 unspecified atom stereocenters. The first-order valence-corrected chi connectivity index (χ1v) is 6.77. The first-order chi connectivity index (χ1) is 7.13. The summed E-state index contributed by atoms with van der Waals surface area (Å²) in [5, 5.41) is 0. The molecule has 0 radical (unpaired) electrons. The van der Waals surface area contributed by atoms with Crippen molar-refractivity contribution in [3.8, 4) is 11.8 Å². The zero-order chi connectivity index (χ0) is 10.6. The first kappa shape index (κ1) is 10.0. The van der Waals surface area contributed by atoms with Gasteiger partial charge in [-0.3, -0.25) is 0 Å². The molecular weight excluding hydrogens is 247 g/mol. The molecule has 0 aliphatic heterocycles. The molecule has 5 atom stereocenters. The first-order valence-electron chi connectivity index (χ1n) is 5.98. The lowest BCUT2D eigenvalue weighted by Crippen LogP contribution is -2.15. The van der Waals surface area contributed by atoms with Crippen molar-refractivity contribution >= 4 is 23.8 Å². The topological polar surface area (TPSA) is 0 Å². The number of fused-ring (bicyclic) bond motifs is 3. The zero-order valence-corrected chi connectivity index (χ0v) is 11.0. The van der Waals surface area contributed by atoms with Crippen molar-refractivity contribution in [3.05, 3.63) is 10.6 Å². The summed E-state index contributed by atoms with van der Waals surface area (Å²) in [5.74, 6) is 9.99. The Bertz CT molecular complexity index is 389. The van der Waals surface area contributed by atoms with E-state index in [1.54, 1.807) is 0 Å². The molecule has 3 aliphatic rings. The lowest BCUT2D eigenvalue weighted by atomic mass is 9.71. The predicted octanol–water partition coefficient (Wildman–Crippen LogP) is 2.76. The van der Waals surface area contributed by atoms with Crippen LogP contribution in [-0.4, -0.2) is 7.85 Å². The molecule has 0 nitrogen and oxygen atoms in total. The number of hydrogen-bond acceptors (Lipinski definition) is 0. The van der Waals surface area contributed by atoms with Crippen molar-refractivity contribution in [1.29, 1.82) is 0 Å². The molecule has 0 amide bonds. The summed E-state index contributed by atoms with van der Waals surface area (Å²) in [7, 11) is 2.34. The van der Waals surface area contributed by atoms with Gasteiger partial charge in [-0.05, 0) is 34.6 Å². The molecule has 0 heterocycles. The molecule has 0 bridgehead atoms. The Morgan fingerprint density at radius 1 is 1.60 bits per heavy atom. The highest BCUT2D eigenvalue weighted by Gasteiger charge is 2.66. The van der Waals surface area contributed by atoms with Gasteiger partial charge in [-0.1, -0.05) is 40.7 Å². The van der Waals surface area contributed by atoms with Gasteiger partial charge < -0.3 is 0 Å². The van der Waals surface area contributed by atoms with Crippen LogP contribution in [0.15, 0.2) is 10.6 Å². The second-order valence-electron chi connectivity index (χ2n) is 5.71. The fourth-order valence-electron chi connectivity index (χ4n) is 4.01. The summed E-state index contributed by atoms with van der Waals surface area (Å²) in [6, 6.07) is 0. The summed E-state index contributed by atoms with van der Waals surface area (Å²) in [5.41, 5.74) is 0.552. The maximum absolute atomic E-state index is 3.71. The summed E-state index contributed by atoms with van der Waals surface area (Å²) in [6.45, 7) is 2.39. The third-order valence-electron chi connectivity index (χ3n) is 4.49. The molecule has 15 heavy (non-hydrogen) atoms. The molecular formula is C13H16BBr. The van der Waals surface area contributed by atoms with Crippen LogP contribution in [0.2, 0.25) is 5.82 Å². The minimum absolute atomic E-state index is 0.552. The monoisotopic (exact) mass is 262 g/mol. The molecule has 3 rings (SSSR count). The fourth-order valence-corrected chi connectivity index (χ4v) is 4.99. The Kier molecular flexibility index (Phi) is 2.12. The van der Waals surface area contributed by atoms with Crippen LogP contribution in [0, 0.1) is 35.0 Å². The largest absolute Gasteiger partial charge is 0.110 e. The predicted molar refractivity (Wildman–Crippen MR) is 69.5 cm³/mol. The van der Waals surface area contributed by atoms with E-state index in [0.717, 1.165) is 24.1 Å². The van der Waals surface area contributed by atoms with E-state index >= 15 is 0 Å². The summed E-state index contributed by atoms with van der Waals surface area (Å²) < 4.78 is 1.42. The summed E-state index contributed by atoms with van der Waals surface area (Å²) >= 11 is 3.71. The van der Waals surface area contributed by atoms with E-state index in [2.05, 4.69) is 48.6 Å². The normalized spacial score (nSPS) is 51.5.